The lowest BCUT2D eigenvalue weighted by Crippen LogP contribution is -2.18. The number of fused-ring (bicyclic) bond motifs is 5. The number of ether oxygens (including phenoxy) is 1. The van der Waals surface area contributed by atoms with Gasteiger partial charge in [0.25, 0.3) is 5.91 Å². The molecule has 0 atom stereocenters. The van der Waals surface area contributed by atoms with Gasteiger partial charge in [0, 0.05) is 31.4 Å². The van der Waals surface area contributed by atoms with Crippen LogP contribution in [-0.2, 0) is 11.3 Å². The number of pyridine rings is 1. The Hall–Kier alpha value is -3.75. The predicted molar refractivity (Wildman–Crippen MR) is 117 cm³/mol. The summed E-state index contributed by atoms with van der Waals surface area (Å²) in [6, 6.07) is 10.2. The molecule has 3 heterocycles. The molecule has 160 valence electrons. The number of halogens is 1. The maximum absolute atomic E-state index is 14.3. The minimum atomic E-state index is -0.810. The number of nitrogens with one attached hydrogen (secondary N) is 1. The third kappa shape index (κ3) is 4.25. The average molecular weight is 422 g/mol. The number of para-hydroxylation sites is 2. The fourth-order valence-corrected chi connectivity index (χ4v) is 3.58. The van der Waals surface area contributed by atoms with Gasteiger partial charge in [-0.05, 0) is 37.5 Å². The third-order valence-electron chi connectivity index (χ3n) is 5.08. The Morgan fingerprint density at radius 2 is 2.06 bits per heavy atom. The Balaban J connectivity index is 1.79. The molecule has 31 heavy (non-hydrogen) atoms. The zero-order valence-corrected chi connectivity index (χ0v) is 17.1. The second kappa shape index (κ2) is 8.95. The van der Waals surface area contributed by atoms with Crippen LogP contribution in [0.15, 0.2) is 47.6 Å². The number of nitrogens with two attached hydrogens (primary N) is 1. The minimum absolute atomic E-state index is 0.0887. The summed E-state index contributed by atoms with van der Waals surface area (Å²) >= 11 is 0. The molecule has 1 aliphatic rings. The number of hydrogen-bond acceptors (Lipinski definition) is 6. The maximum Gasteiger partial charge on any atom is 0.258 e. The summed E-state index contributed by atoms with van der Waals surface area (Å²) in [5, 5.41) is 2.82. The summed E-state index contributed by atoms with van der Waals surface area (Å²) in [6.07, 6.45) is 3.82. The lowest BCUT2D eigenvalue weighted by atomic mass is 10.1. The van der Waals surface area contributed by atoms with Gasteiger partial charge in [-0.1, -0.05) is 12.1 Å². The SMILES string of the molecule is CN=C1OCCCCCn2c(nc3ccccc32)NC(=O)c2cc(F)nc(c2)/C1=C/N. The van der Waals surface area contributed by atoms with Gasteiger partial charge < -0.3 is 15.0 Å². The van der Waals surface area contributed by atoms with E-state index < -0.39 is 11.9 Å². The van der Waals surface area contributed by atoms with E-state index in [1.165, 1.54) is 12.3 Å². The molecule has 2 aromatic heterocycles. The Morgan fingerprint density at radius 1 is 1.23 bits per heavy atom. The van der Waals surface area contributed by atoms with Gasteiger partial charge in [-0.25, -0.2) is 9.97 Å². The molecular formula is C22H23FN6O2. The van der Waals surface area contributed by atoms with E-state index in [4.69, 9.17) is 10.5 Å². The molecular weight excluding hydrogens is 399 g/mol. The van der Waals surface area contributed by atoms with Gasteiger partial charge in [0.05, 0.1) is 28.9 Å². The van der Waals surface area contributed by atoms with Gasteiger partial charge in [0.1, 0.15) is 0 Å². The van der Waals surface area contributed by atoms with Crippen molar-refractivity contribution in [1.82, 2.24) is 14.5 Å². The smallest absolute Gasteiger partial charge is 0.258 e. The predicted octanol–water partition coefficient (Wildman–Crippen LogP) is 3.35. The molecule has 0 radical (unpaired) electrons. The van der Waals surface area contributed by atoms with Crippen LogP contribution in [0.3, 0.4) is 0 Å². The molecule has 2 bridgehead atoms. The quantitative estimate of drug-likeness (QED) is 0.540. The van der Waals surface area contributed by atoms with E-state index in [9.17, 15) is 9.18 Å². The molecule has 9 heteroatoms. The lowest BCUT2D eigenvalue weighted by Gasteiger charge is -2.12. The molecule has 4 rings (SSSR count). The Kier molecular flexibility index (Phi) is 5.92. The van der Waals surface area contributed by atoms with Crippen LogP contribution < -0.4 is 11.1 Å². The van der Waals surface area contributed by atoms with Crippen molar-refractivity contribution in [1.29, 1.82) is 0 Å². The highest BCUT2D eigenvalue weighted by Crippen LogP contribution is 2.23. The van der Waals surface area contributed by atoms with E-state index in [1.54, 1.807) is 7.05 Å². The van der Waals surface area contributed by atoms with Gasteiger partial charge in [-0.2, -0.15) is 4.39 Å². The van der Waals surface area contributed by atoms with E-state index in [2.05, 4.69) is 20.3 Å². The summed E-state index contributed by atoms with van der Waals surface area (Å²) in [7, 11) is 1.56. The van der Waals surface area contributed by atoms with E-state index in [1.807, 2.05) is 28.8 Å². The topological polar surface area (TPSA) is 107 Å². The Morgan fingerprint density at radius 3 is 2.87 bits per heavy atom. The Labute approximate surface area is 178 Å². The van der Waals surface area contributed by atoms with Crippen molar-refractivity contribution in [3.05, 3.63) is 59.8 Å². The number of anilines is 1. The number of amides is 1. The molecule has 1 amide bonds. The first-order valence-electron chi connectivity index (χ1n) is 10.1. The highest BCUT2D eigenvalue weighted by molar-refractivity contribution is 6.19. The molecule has 3 aromatic rings. The first-order chi connectivity index (χ1) is 15.1. The van der Waals surface area contributed by atoms with Crippen molar-refractivity contribution in [2.45, 2.75) is 25.8 Å². The molecule has 8 nitrogen and oxygen atoms in total. The van der Waals surface area contributed by atoms with Crippen LogP contribution in [0.1, 0.15) is 35.3 Å². The number of carbonyl (C=O) groups excluding carboxylic acids is 1. The first-order valence-corrected chi connectivity index (χ1v) is 10.1. The number of rotatable bonds is 0. The van der Waals surface area contributed by atoms with Crippen molar-refractivity contribution in [2.75, 3.05) is 19.0 Å². The number of aromatic nitrogens is 3. The van der Waals surface area contributed by atoms with Crippen LogP contribution in [0.2, 0.25) is 0 Å². The molecule has 0 unspecified atom stereocenters. The zero-order valence-electron chi connectivity index (χ0n) is 17.1. The van der Waals surface area contributed by atoms with Gasteiger partial charge in [0.15, 0.2) is 0 Å². The second-order valence-corrected chi connectivity index (χ2v) is 7.11. The minimum Gasteiger partial charge on any atom is -0.477 e. The van der Waals surface area contributed by atoms with Crippen LogP contribution in [0, 0.1) is 5.95 Å². The van der Waals surface area contributed by atoms with Gasteiger partial charge in [0.2, 0.25) is 17.8 Å². The monoisotopic (exact) mass is 422 g/mol. The lowest BCUT2D eigenvalue weighted by molar-refractivity contribution is 0.102. The number of benzene rings is 1. The molecule has 1 aromatic carbocycles. The fraction of sp³-hybridized carbons (Fsp3) is 0.273. The third-order valence-corrected chi connectivity index (χ3v) is 5.08. The standard InChI is InChI=1S/C22H23FN6O2/c1-25-21-15(13-24)17-11-14(12-19(23)26-17)20(30)28-22-27-16-7-3-4-8-18(16)29(22)9-5-2-6-10-31-21/h3-4,7-8,11-13H,2,5-6,9-10,24H2,1H3,(H,27,28,30)/b15-13-,25-21?. The summed E-state index contributed by atoms with van der Waals surface area (Å²) in [5.74, 6) is -0.640. The molecule has 0 fully saturated rings. The number of hydrogen-bond donors (Lipinski definition) is 2. The first kappa shape index (κ1) is 20.5. The van der Waals surface area contributed by atoms with E-state index in [0.29, 0.717) is 24.7 Å². The van der Waals surface area contributed by atoms with E-state index in [0.717, 1.165) is 36.4 Å². The highest BCUT2D eigenvalue weighted by Gasteiger charge is 2.19. The Bertz CT molecular complexity index is 1180. The van der Waals surface area contributed by atoms with Crippen LogP contribution >= 0.6 is 0 Å². The number of aliphatic imine (C=N–C) groups is 1. The second-order valence-electron chi connectivity index (χ2n) is 7.11. The molecule has 0 saturated heterocycles. The zero-order chi connectivity index (χ0) is 21.8. The number of nitrogens with zero attached hydrogens (tertiary/aromatic N) is 4. The fourth-order valence-electron chi connectivity index (χ4n) is 3.58. The molecule has 1 aliphatic heterocycles. The van der Waals surface area contributed by atoms with Gasteiger partial charge in [-0.15, -0.1) is 0 Å². The van der Waals surface area contributed by atoms with E-state index >= 15 is 0 Å². The van der Waals surface area contributed by atoms with Crippen molar-refractivity contribution >= 4 is 34.4 Å². The summed E-state index contributed by atoms with van der Waals surface area (Å²) < 4.78 is 22.1. The summed E-state index contributed by atoms with van der Waals surface area (Å²) in [4.78, 5) is 25.5. The highest BCUT2D eigenvalue weighted by atomic mass is 19.1. The van der Waals surface area contributed by atoms with E-state index in [-0.39, 0.29) is 17.2 Å². The number of aryl methyl sites for hydroxylation is 1. The summed E-state index contributed by atoms with van der Waals surface area (Å²) in [6.45, 7) is 1.11. The van der Waals surface area contributed by atoms with Crippen molar-refractivity contribution in [3.63, 3.8) is 0 Å². The van der Waals surface area contributed by atoms with Gasteiger partial charge >= 0.3 is 0 Å². The number of carbonyl (C=O) groups is 1. The van der Waals surface area contributed by atoms with Crippen LogP contribution in [0.4, 0.5) is 10.3 Å². The van der Waals surface area contributed by atoms with Gasteiger partial charge in [-0.3, -0.25) is 15.1 Å². The van der Waals surface area contributed by atoms with Crippen molar-refractivity contribution < 1.29 is 13.9 Å². The molecule has 0 spiro atoms. The van der Waals surface area contributed by atoms with Crippen LogP contribution in [0.25, 0.3) is 16.6 Å². The normalized spacial score (nSPS) is 18.2. The van der Waals surface area contributed by atoms with Crippen molar-refractivity contribution in [2.24, 2.45) is 10.7 Å². The number of imidazole rings is 1. The summed E-state index contributed by atoms with van der Waals surface area (Å²) in [5.41, 5.74) is 8.04. The van der Waals surface area contributed by atoms with Crippen LogP contribution in [0.5, 0.6) is 0 Å². The maximum atomic E-state index is 14.3. The largest absolute Gasteiger partial charge is 0.477 e. The molecule has 0 aliphatic carbocycles. The molecule has 0 saturated carbocycles. The van der Waals surface area contributed by atoms with Crippen LogP contribution in [-0.4, -0.2) is 40.0 Å². The molecule has 3 N–H and O–H groups in total. The van der Waals surface area contributed by atoms with Crippen molar-refractivity contribution in [3.8, 4) is 0 Å². The average Bonchev–Trinajstić information content (AvgIpc) is 3.11.